The third-order valence-corrected chi connectivity index (χ3v) is 6.96. The quantitative estimate of drug-likeness (QED) is 0.838. The Kier molecular flexibility index (Phi) is 3.87. The summed E-state index contributed by atoms with van der Waals surface area (Å²) in [5.41, 5.74) is 0.852. The number of nitrogens with zero attached hydrogens (tertiary/aromatic N) is 1. The zero-order chi connectivity index (χ0) is 14.2. The molecule has 0 radical (unpaired) electrons. The molecule has 1 aliphatic carbocycles. The first-order chi connectivity index (χ1) is 9.60. The molecule has 2 atom stereocenters. The van der Waals surface area contributed by atoms with Crippen LogP contribution >= 0.6 is 0 Å². The van der Waals surface area contributed by atoms with E-state index in [1.54, 1.807) is 6.07 Å². The predicted octanol–water partition coefficient (Wildman–Crippen LogP) is 3.34. The van der Waals surface area contributed by atoms with E-state index >= 15 is 0 Å². The van der Waals surface area contributed by atoms with E-state index in [4.69, 9.17) is 0 Å². The molecule has 1 saturated heterocycles. The molecule has 0 spiro atoms. The van der Waals surface area contributed by atoms with Crippen molar-refractivity contribution >= 4 is 10.0 Å². The Labute approximate surface area is 122 Å². The molecule has 2 fully saturated rings. The summed E-state index contributed by atoms with van der Waals surface area (Å²) in [6.45, 7) is 2.58. The summed E-state index contributed by atoms with van der Waals surface area (Å²) in [5.74, 6) is 0.580. The largest absolute Gasteiger partial charge is 0.243 e. The van der Waals surface area contributed by atoms with Gasteiger partial charge in [-0.05, 0) is 50.2 Å². The van der Waals surface area contributed by atoms with Crippen molar-refractivity contribution in [3.8, 4) is 0 Å². The Morgan fingerprint density at radius 3 is 2.55 bits per heavy atom. The first-order valence-electron chi connectivity index (χ1n) is 7.68. The van der Waals surface area contributed by atoms with Gasteiger partial charge in [0.15, 0.2) is 0 Å². The zero-order valence-corrected chi connectivity index (χ0v) is 12.9. The van der Waals surface area contributed by atoms with Crippen molar-refractivity contribution in [2.24, 2.45) is 5.92 Å². The van der Waals surface area contributed by atoms with E-state index in [0.717, 1.165) is 18.4 Å². The molecule has 0 N–H and O–H groups in total. The molecule has 2 aliphatic rings. The molecule has 0 aromatic heterocycles. The molecule has 1 heterocycles. The van der Waals surface area contributed by atoms with E-state index in [0.29, 0.717) is 17.4 Å². The lowest BCUT2D eigenvalue weighted by atomic mass is 9.79. The molecule has 4 heteroatoms. The maximum Gasteiger partial charge on any atom is 0.243 e. The van der Waals surface area contributed by atoms with Crippen LogP contribution in [0.5, 0.6) is 0 Å². The number of sulfonamides is 1. The summed E-state index contributed by atoms with van der Waals surface area (Å²) in [4.78, 5) is 0.492. The third-order valence-electron chi connectivity index (χ3n) is 4.87. The molecule has 1 aliphatic heterocycles. The number of hydrogen-bond acceptors (Lipinski definition) is 2. The van der Waals surface area contributed by atoms with Crippen LogP contribution in [0.1, 0.15) is 44.1 Å². The van der Waals surface area contributed by atoms with Gasteiger partial charge in [0.25, 0.3) is 0 Å². The van der Waals surface area contributed by atoms with E-state index in [1.807, 2.05) is 29.4 Å². The van der Waals surface area contributed by atoms with E-state index < -0.39 is 10.0 Å². The van der Waals surface area contributed by atoms with Crippen LogP contribution in [0.15, 0.2) is 29.2 Å². The number of rotatable bonds is 2. The molecular weight excluding hydrogens is 270 g/mol. The van der Waals surface area contributed by atoms with E-state index in [-0.39, 0.29) is 6.04 Å². The molecule has 20 heavy (non-hydrogen) atoms. The van der Waals surface area contributed by atoms with Crippen molar-refractivity contribution in [3.05, 3.63) is 29.8 Å². The highest BCUT2D eigenvalue weighted by molar-refractivity contribution is 7.89. The fourth-order valence-corrected chi connectivity index (χ4v) is 5.83. The second kappa shape index (κ2) is 5.49. The fraction of sp³-hybridized carbons (Fsp3) is 0.625. The standard InChI is InChI=1S/C16H23NO2S/c1-13-7-2-5-11-16(13)20(18,19)17-12-6-9-14-8-3-4-10-15(14)17/h2,5,7,11,14-15H,3-4,6,8-10,12H2,1H3/t14-,15-/m1/s1. The van der Waals surface area contributed by atoms with Gasteiger partial charge in [-0.3, -0.25) is 0 Å². The van der Waals surface area contributed by atoms with Gasteiger partial charge >= 0.3 is 0 Å². The Morgan fingerprint density at radius 1 is 1.05 bits per heavy atom. The lowest BCUT2D eigenvalue weighted by Gasteiger charge is -2.43. The monoisotopic (exact) mass is 293 g/mol. The normalized spacial score (nSPS) is 28.1. The molecule has 3 nitrogen and oxygen atoms in total. The van der Waals surface area contributed by atoms with Gasteiger partial charge in [0.1, 0.15) is 0 Å². The van der Waals surface area contributed by atoms with Crippen molar-refractivity contribution in [2.45, 2.75) is 56.4 Å². The number of benzene rings is 1. The summed E-state index contributed by atoms with van der Waals surface area (Å²) in [6, 6.07) is 7.59. The molecule has 3 rings (SSSR count). The molecule has 110 valence electrons. The maximum absolute atomic E-state index is 13.0. The highest BCUT2D eigenvalue weighted by Gasteiger charge is 2.40. The average molecular weight is 293 g/mol. The average Bonchev–Trinajstić information content (AvgIpc) is 2.47. The van der Waals surface area contributed by atoms with Gasteiger partial charge in [-0.1, -0.05) is 31.0 Å². The summed E-state index contributed by atoms with van der Waals surface area (Å²) in [7, 11) is -3.33. The van der Waals surface area contributed by atoms with Crippen LogP contribution in [-0.2, 0) is 10.0 Å². The van der Waals surface area contributed by atoms with Gasteiger partial charge in [-0.15, -0.1) is 0 Å². The molecule has 1 saturated carbocycles. The zero-order valence-electron chi connectivity index (χ0n) is 12.1. The van der Waals surface area contributed by atoms with Crippen LogP contribution in [0.4, 0.5) is 0 Å². The SMILES string of the molecule is Cc1ccccc1S(=O)(=O)N1CCC[C@H]2CCCC[C@H]21. The van der Waals surface area contributed by atoms with Crippen LogP contribution in [0.25, 0.3) is 0 Å². The second-order valence-corrected chi connectivity index (χ2v) is 7.99. The van der Waals surface area contributed by atoms with Crippen LogP contribution in [-0.4, -0.2) is 25.3 Å². The van der Waals surface area contributed by atoms with Crippen molar-refractivity contribution < 1.29 is 8.42 Å². The lowest BCUT2D eigenvalue weighted by Crippen LogP contribution is -2.49. The van der Waals surface area contributed by atoms with Crippen LogP contribution in [0.2, 0.25) is 0 Å². The topological polar surface area (TPSA) is 37.4 Å². The number of hydrogen-bond donors (Lipinski definition) is 0. The van der Waals surface area contributed by atoms with Crippen LogP contribution in [0.3, 0.4) is 0 Å². The first-order valence-corrected chi connectivity index (χ1v) is 9.12. The molecule has 0 amide bonds. The van der Waals surface area contributed by atoms with E-state index in [2.05, 4.69) is 0 Å². The minimum Gasteiger partial charge on any atom is -0.207 e. The van der Waals surface area contributed by atoms with Gasteiger partial charge in [-0.2, -0.15) is 4.31 Å². The minimum absolute atomic E-state index is 0.238. The van der Waals surface area contributed by atoms with Crippen molar-refractivity contribution in [2.75, 3.05) is 6.54 Å². The van der Waals surface area contributed by atoms with E-state index in [9.17, 15) is 8.42 Å². The molecule has 1 aromatic carbocycles. The van der Waals surface area contributed by atoms with E-state index in [1.165, 1.54) is 25.7 Å². The maximum atomic E-state index is 13.0. The van der Waals surface area contributed by atoms with Crippen LogP contribution < -0.4 is 0 Å². The summed E-state index contributed by atoms with van der Waals surface area (Å²) < 4.78 is 27.8. The van der Waals surface area contributed by atoms with Crippen molar-refractivity contribution in [1.29, 1.82) is 0 Å². The highest BCUT2D eigenvalue weighted by Crippen LogP contribution is 2.38. The van der Waals surface area contributed by atoms with Crippen molar-refractivity contribution in [1.82, 2.24) is 4.31 Å². The van der Waals surface area contributed by atoms with Gasteiger partial charge in [0.05, 0.1) is 4.90 Å². The number of aryl methyl sites for hydroxylation is 1. The highest BCUT2D eigenvalue weighted by atomic mass is 32.2. The Balaban J connectivity index is 1.96. The smallest absolute Gasteiger partial charge is 0.207 e. The molecule has 1 aromatic rings. The Hall–Kier alpha value is -0.870. The number of piperidine rings is 1. The number of fused-ring (bicyclic) bond motifs is 1. The Morgan fingerprint density at radius 2 is 1.75 bits per heavy atom. The van der Waals surface area contributed by atoms with Gasteiger partial charge < -0.3 is 0 Å². The molecule has 0 unspecified atom stereocenters. The summed E-state index contributed by atoms with van der Waals surface area (Å²) in [5, 5.41) is 0. The predicted molar refractivity (Wildman–Crippen MR) is 80.1 cm³/mol. The summed E-state index contributed by atoms with van der Waals surface area (Å²) >= 11 is 0. The Bertz CT molecular complexity index is 580. The summed E-state index contributed by atoms with van der Waals surface area (Å²) in [6.07, 6.45) is 6.87. The second-order valence-electron chi connectivity index (χ2n) is 6.14. The molecular formula is C16H23NO2S. The fourth-order valence-electron chi connectivity index (χ4n) is 3.85. The molecule has 0 bridgehead atoms. The van der Waals surface area contributed by atoms with Gasteiger partial charge in [0, 0.05) is 12.6 Å². The first kappa shape index (κ1) is 14.1. The van der Waals surface area contributed by atoms with Gasteiger partial charge in [-0.25, -0.2) is 8.42 Å². The third kappa shape index (κ3) is 2.40. The van der Waals surface area contributed by atoms with Gasteiger partial charge in [0.2, 0.25) is 10.0 Å². The van der Waals surface area contributed by atoms with Crippen LogP contribution in [0, 0.1) is 12.8 Å². The lowest BCUT2D eigenvalue weighted by molar-refractivity contribution is 0.129. The minimum atomic E-state index is -3.33. The van der Waals surface area contributed by atoms with Crippen molar-refractivity contribution in [3.63, 3.8) is 0 Å².